The van der Waals surface area contributed by atoms with Gasteiger partial charge in [0.1, 0.15) is 0 Å². The van der Waals surface area contributed by atoms with E-state index in [9.17, 15) is 9.59 Å². The molecule has 0 unspecified atom stereocenters. The largest absolute Gasteiger partial charge is 0.354 e. The van der Waals surface area contributed by atoms with Gasteiger partial charge in [-0.05, 0) is 30.5 Å². The second kappa shape index (κ2) is 10.5. The Bertz CT molecular complexity index is 925. The monoisotopic (exact) mass is 454 g/mol. The summed E-state index contributed by atoms with van der Waals surface area (Å²) in [4.78, 5) is 29.2. The van der Waals surface area contributed by atoms with Crippen LogP contribution in [0.1, 0.15) is 24.8 Å². The number of para-hydroxylation sites is 1. The van der Waals surface area contributed by atoms with Crippen molar-refractivity contribution in [3.63, 3.8) is 0 Å². The van der Waals surface area contributed by atoms with Gasteiger partial charge >= 0.3 is 0 Å². The molecular weight excluding hydrogens is 424 g/mol. The van der Waals surface area contributed by atoms with Crippen LogP contribution in [0.5, 0.6) is 0 Å². The van der Waals surface area contributed by atoms with Crippen molar-refractivity contribution in [2.24, 2.45) is 0 Å². The number of anilines is 1. The number of amides is 2. The summed E-state index contributed by atoms with van der Waals surface area (Å²) in [5, 5.41) is 6.58. The van der Waals surface area contributed by atoms with Crippen LogP contribution in [0.4, 0.5) is 5.69 Å². The molecule has 1 aliphatic carbocycles. The van der Waals surface area contributed by atoms with Gasteiger partial charge in [-0.1, -0.05) is 60.5 Å². The van der Waals surface area contributed by atoms with E-state index in [0.717, 1.165) is 39.0 Å². The molecule has 2 aromatic rings. The lowest BCUT2D eigenvalue weighted by Gasteiger charge is -2.43. The summed E-state index contributed by atoms with van der Waals surface area (Å²) in [5.74, 6) is 0.00752. The lowest BCUT2D eigenvalue weighted by molar-refractivity contribution is -0.124. The van der Waals surface area contributed by atoms with E-state index in [1.165, 1.54) is 12.0 Å². The van der Waals surface area contributed by atoms with Crippen LogP contribution >= 0.6 is 11.6 Å². The van der Waals surface area contributed by atoms with Crippen LogP contribution in [0.15, 0.2) is 54.6 Å². The molecule has 1 aliphatic heterocycles. The highest BCUT2D eigenvalue weighted by Gasteiger charge is 2.38. The Balaban J connectivity index is 1.17. The van der Waals surface area contributed by atoms with E-state index in [4.69, 9.17) is 11.6 Å². The average molecular weight is 455 g/mol. The van der Waals surface area contributed by atoms with Crippen LogP contribution in [0, 0.1) is 0 Å². The highest BCUT2D eigenvalue weighted by molar-refractivity contribution is 6.33. The maximum absolute atomic E-state index is 12.6. The number of nitrogens with zero attached hydrogens (tertiary/aromatic N) is 2. The van der Waals surface area contributed by atoms with Crippen molar-refractivity contribution in [3.8, 4) is 0 Å². The van der Waals surface area contributed by atoms with Crippen molar-refractivity contribution < 1.29 is 9.59 Å². The molecule has 1 heterocycles. The molecule has 0 atom stereocenters. The molecule has 0 aromatic heterocycles. The van der Waals surface area contributed by atoms with Crippen molar-refractivity contribution in [2.75, 3.05) is 51.1 Å². The summed E-state index contributed by atoms with van der Waals surface area (Å²) in [7, 11) is 0. The fourth-order valence-electron chi connectivity index (χ4n) is 4.55. The van der Waals surface area contributed by atoms with Crippen molar-refractivity contribution >= 4 is 29.1 Å². The molecule has 32 heavy (non-hydrogen) atoms. The summed E-state index contributed by atoms with van der Waals surface area (Å²) in [6, 6.07) is 17.8. The zero-order valence-corrected chi connectivity index (χ0v) is 19.1. The molecule has 6 nitrogen and oxygen atoms in total. The molecule has 4 rings (SSSR count). The van der Waals surface area contributed by atoms with Crippen molar-refractivity contribution in [2.45, 2.75) is 24.7 Å². The smallest absolute Gasteiger partial charge is 0.238 e. The predicted octanol–water partition coefficient (Wildman–Crippen LogP) is 3.13. The van der Waals surface area contributed by atoms with Gasteiger partial charge in [0.2, 0.25) is 11.8 Å². The number of piperazine rings is 1. The van der Waals surface area contributed by atoms with Crippen molar-refractivity contribution in [3.05, 3.63) is 65.2 Å². The van der Waals surface area contributed by atoms with Gasteiger partial charge in [0.25, 0.3) is 0 Å². The van der Waals surface area contributed by atoms with E-state index in [-0.39, 0.29) is 17.2 Å². The number of hydrogen-bond acceptors (Lipinski definition) is 4. The van der Waals surface area contributed by atoms with Gasteiger partial charge in [0, 0.05) is 38.1 Å². The normalized spacial score (nSPS) is 18.5. The van der Waals surface area contributed by atoms with E-state index in [1.54, 1.807) is 12.1 Å². The van der Waals surface area contributed by atoms with Crippen LogP contribution in [-0.2, 0) is 15.0 Å². The minimum atomic E-state index is -0.0731. The summed E-state index contributed by atoms with van der Waals surface area (Å²) in [5.41, 5.74) is 2.06. The molecular formula is C25H31ClN4O2. The van der Waals surface area contributed by atoms with Crippen molar-refractivity contribution in [1.82, 2.24) is 15.1 Å². The van der Waals surface area contributed by atoms with Gasteiger partial charge in [0.05, 0.1) is 23.8 Å². The summed E-state index contributed by atoms with van der Waals surface area (Å²) >= 11 is 6.11. The van der Waals surface area contributed by atoms with Gasteiger partial charge < -0.3 is 10.6 Å². The minimum absolute atomic E-state index is 0.0731. The van der Waals surface area contributed by atoms with Gasteiger partial charge in [-0.2, -0.15) is 0 Å². The molecule has 0 radical (unpaired) electrons. The number of halogens is 1. The molecule has 2 amide bonds. The molecule has 2 aliphatic rings. The van der Waals surface area contributed by atoms with Gasteiger partial charge in [-0.25, -0.2) is 0 Å². The van der Waals surface area contributed by atoms with Crippen LogP contribution in [-0.4, -0.2) is 67.4 Å². The Kier molecular flexibility index (Phi) is 7.45. The highest BCUT2D eigenvalue weighted by Crippen LogP contribution is 2.43. The molecule has 2 N–H and O–H groups in total. The average Bonchev–Trinajstić information content (AvgIpc) is 2.77. The molecule has 1 saturated heterocycles. The zero-order valence-electron chi connectivity index (χ0n) is 18.4. The second-order valence-corrected chi connectivity index (χ2v) is 9.26. The predicted molar refractivity (Wildman–Crippen MR) is 128 cm³/mol. The Morgan fingerprint density at radius 1 is 0.844 bits per heavy atom. The number of carbonyl (C=O) groups excluding carboxylic acids is 2. The fourth-order valence-corrected chi connectivity index (χ4v) is 4.73. The van der Waals surface area contributed by atoms with Crippen molar-refractivity contribution in [1.29, 1.82) is 0 Å². The molecule has 170 valence electrons. The third kappa shape index (κ3) is 5.68. The fraction of sp³-hybridized carbons (Fsp3) is 0.440. The first-order chi connectivity index (χ1) is 15.5. The third-order valence-electron chi connectivity index (χ3n) is 6.67. The number of nitrogens with one attached hydrogen (secondary N) is 2. The lowest BCUT2D eigenvalue weighted by Crippen LogP contribution is -2.52. The van der Waals surface area contributed by atoms with E-state index < -0.39 is 0 Å². The van der Waals surface area contributed by atoms with E-state index in [1.807, 2.05) is 18.2 Å². The zero-order chi connectivity index (χ0) is 22.4. The highest BCUT2D eigenvalue weighted by atomic mass is 35.5. The quantitative estimate of drug-likeness (QED) is 0.643. The van der Waals surface area contributed by atoms with E-state index >= 15 is 0 Å². The van der Waals surface area contributed by atoms with Crippen LogP contribution < -0.4 is 10.6 Å². The third-order valence-corrected chi connectivity index (χ3v) is 7.00. The SMILES string of the molecule is O=C(CN1CCN(CC(=O)Nc2ccccc2Cl)CC1)NCC1(c2ccccc2)CCC1. The van der Waals surface area contributed by atoms with Crippen LogP contribution in [0.3, 0.4) is 0 Å². The second-order valence-electron chi connectivity index (χ2n) is 8.86. The first kappa shape index (κ1) is 22.8. The number of carbonyl (C=O) groups is 2. The number of hydrogen-bond donors (Lipinski definition) is 2. The molecule has 0 spiro atoms. The lowest BCUT2D eigenvalue weighted by atomic mass is 9.64. The molecule has 7 heteroatoms. The van der Waals surface area contributed by atoms with E-state index in [2.05, 4.69) is 44.7 Å². The Labute approximate surface area is 194 Å². The minimum Gasteiger partial charge on any atom is -0.354 e. The van der Waals surface area contributed by atoms with Crippen LogP contribution in [0.2, 0.25) is 5.02 Å². The van der Waals surface area contributed by atoms with Gasteiger partial charge in [-0.3, -0.25) is 19.4 Å². The maximum Gasteiger partial charge on any atom is 0.238 e. The molecule has 0 bridgehead atoms. The van der Waals surface area contributed by atoms with Gasteiger partial charge in [-0.15, -0.1) is 0 Å². The first-order valence-corrected chi connectivity index (χ1v) is 11.7. The summed E-state index contributed by atoms with van der Waals surface area (Å²) in [6.07, 6.45) is 3.48. The molecule has 2 fully saturated rings. The molecule has 1 saturated carbocycles. The standard InChI is InChI=1S/C25H31ClN4O2/c26-21-9-4-5-10-22(21)28-24(32)18-30-15-13-29(14-16-30)17-23(31)27-19-25(11-6-12-25)20-7-2-1-3-8-20/h1-5,7-10H,6,11-19H2,(H,27,31)(H,28,32). The molecule has 2 aromatic carbocycles. The van der Waals surface area contributed by atoms with Crippen LogP contribution in [0.25, 0.3) is 0 Å². The first-order valence-electron chi connectivity index (χ1n) is 11.4. The Hall–Kier alpha value is -2.41. The Morgan fingerprint density at radius 3 is 2.03 bits per heavy atom. The topological polar surface area (TPSA) is 64.7 Å². The number of benzene rings is 2. The van der Waals surface area contributed by atoms with E-state index in [0.29, 0.717) is 30.3 Å². The summed E-state index contributed by atoms with van der Waals surface area (Å²) in [6.45, 7) is 4.51. The maximum atomic E-state index is 12.6. The Morgan fingerprint density at radius 2 is 1.44 bits per heavy atom. The number of rotatable bonds is 8. The van der Waals surface area contributed by atoms with Gasteiger partial charge in [0.15, 0.2) is 0 Å². The summed E-state index contributed by atoms with van der Waals surface area (Å²) < 4.78 is 0.